The zero-order valence-corrected chi connectivity index (χ0v) is 9.91. The number of ether oxygens (including phenoxy) is 1. The number of ketones is 1. The van der Waals surface area contributed by atoms with Crippen LogP contribution in [0.25, 0.3) is 5.76 Å². The number of methoxy groups -OCH3 is 1. The molecule has 0 bridgehead atoms. The number of rotatable bonds is 4. The third kappa shape index (κ3) is 3.22. The van der Waals surface area contributed by atoms with Gasteiger partial charge in [-0.2, -0.15) is 22.0 Å². The van der Waals surface area contributed by atoms with E-state index in [9.17, 15) is 31.9 Å². The zero-order valence-electron chi connectivity index (χ0n) is 9.91. The SMILES string of the molecule is COc1ccc(C(O)=CC(=O)C(F)(F)C(F)(F)F)cn1. The lowest BCUT2D eigenvalue weighted by molar-refractivity contribution is -0.266. The Kier molecular flexibility index (Phi) is 4.31. The van der Waals surface area contributed by atoms with Crippen LogP contribution in [0.3, 0.4) is 0 Å². The molecule has 0 aliphatic heterocycles. The van der Waals surface area contributed by atoms with Crippen molar-refractivity contribution >= 4 is 11.5 Å². The van der Waals surface area contributed by atoms with Crippen LogP contribution < -0.4 is 4.74 Å². The largest absolute Gasteiger partial charge is 0.507 e. The number of aliphatic hydroxyl groups is 1. The van der Waals surface area contributed by atoms with E-state index in [1.54, 1.807) is 0 Å². The van der Waals surface area contributed by atoms with Crippen LogP contribution in [0.15, 0.2) is 24.4 Å². The van der Waals surface area contributed by atoms with E-state index >= 15 is 0 Å². The maximum absolute atomic E-state index is 12.7. The normalized spacial score (nSPS) is 13.2. The van der Waals surface area contributed by atoms with Crippen LogP contribution in [0.2, 0.25) is 0 Å². The summed E-state index contributed by atoms with van der Waals surface area (Å²) in [6, 6.07) is 2.36. The van der Waals surface area contributed by atoms with Gasteiger partial charge >= 0.3 is 12.1 Å². The number of alkyl halides is 5. The molecular formula is C11H8F5NO3. The lowest BCUT2D eigenvalue weighted by Crippen LogP contribution is -2.43. The van der Waals surface area contributed by atoms with E-state index in [4.69, 9.17) is 0 Å². The van der Waals surface area contributed by atoms with E-state index in [0.717, 1.165) is 12.3 Å². The van der Waals surface area contributed by atoms with Crippen molar-refractivity contribution in [3.63, 3.8) is 0 Å². The summed E-state index contributed by atoms with van der Waals surface area (Å²) in [5.41, 5.74) is -0.211. The minimum absolute atomic E-state index is 0.133. The fourth-order valence-corrected chi connectivity index (χ4v) is 1.09. The summed E-state index contributed by atoms with van der Waals surface area (Å²) < 4.78 is 65.8. The topological polar surface area (TPSA) is 59.4 Å². The molecular weight excluding hydrogens is 289 g/mol. The number of carbonyl (C=O) groups is 1. The summed E-state index contributed by atoms with van der Waals surface area (Å²) in [6.45, 7) is 0. The molecule has 0 fully saturated rings. The molecule has 1 heterocycles. The van der Waals surface area contributed by atoms with E-state index in [1.165, 1.54) is 13.2 Å². The summed E-state index contributed by atoms with van der Waals surface area (Å²) in [7, 11) is 1.30. The monoisotopic (exact) mass is 297 g/mol. The highest BCUT2D eigenvalue weighted by Crippen LogP contribution is 2.36. The van der Waals surface area contributed by atoms with Gasteiger partial charge in [0, 0.05) is 23.9 Å². The van der Waals surface area contributed by atoms with Gasteiger partial charge in [0.05, 0.1) is 7.11 Å². The molecule has 0 saturated carbocycles. The average molecular weight is 297 g/mol. The first-order chi connectivity index (χ1) is 9.09. The van der Waals surface area contributed by atoms with Gasteiger partial charge in [-0.25, -0.2) is 4.98 Å². The van der Waals surface area contributed by atoms with Crippen molar-refractivity contribution in [2.45, 2.75) is 12.1 Å². The number of pyridine rings is 1. The molecule has 1 rings (SSSR count). The Bertz CT molecular complexity index is 522. The van der Waals surface area contributed by atoms with Gasteiger partial charge in [-0.1, -0.05) is 0 Å². The number of aliphatic hydroxyl groups excluding tert-OH is 1. The number of aromatic nitrogens is 1. The highest BCUT2D eigenvalue weighted by molar-refractivity contribution is 6.00. The van der Waals surface area contributed by atoms with E-state index in [-0.39, 0.29) is 17.5 Å². The molecule has 9 heteroatoms. The van der Waals surface area contributed by atoms with Gasteiger partial charge in [-0.3, -0.25) is 4.79 Å². The molecule has 4 nitrogen and oxygen atoms in total. The molecule has 0 aliphatic rings. The molecule has 0 spiro atoms. The number of halogens is 5. The summed E-state index contributed by atoms with van der Waals surface area (Å²) in [5, 5.41) is 9.34. The Morgan fingerprint density at radius 3 is 2.30 bits per heavy atom. The minimum Gasteiger partial charge on any atom is -0.507 e. The molecule has 110 valence electrons. The van der Waals surface area contributed by atoms with Crippen molar-refractivity contribution in [2.24, 2.45) is 0 Å². The second kappa shape index (κ2) is 5.43. The van der Waals surface area contributed by atoms with Crippen LogP contribution in [0, 0.1) is 0 Å². The van der Waals surface area contributed by atoms with Crippen LogP contribution in [0.1, 0.15) is 5.56 Å². The second-order valence-corrected chi connectivity index (χ2v) is 3.56. The number of hydrogen-bond acceptors (Lipinski definition) is 4. The molecule has 0 aliphatic carbocycles. The van der Waals surface area contributed by atoms with Gasteiger partial charge in [-0.15, -0.1) is 0 Å². The molecule has 1 N–H and O–H groups in total. The molecule has 0 radical (unpaired) electrons. The van der Waals surface area contributed by atoms with Crippen molar-refractivity contribution in [2.75, 3.05) is 7.11 Å². The molecule has 0 aromatic carbocycles. The standard InChI is InChI=1S/C11H8F5NO3/c1-20-9-3-2-6(5-17-9)7(18)4-8(19)10(12,13)11(14,15)16/h2-5,18H,1H3. The van der Waals surface area contributed by atoms with Gasteiger partial charge in [0.1, 0.15) is 5.76 Å². The molecule has 0 amide bonds. The summed E-state index contributed by atoms with van der Waals surface area (Å²) in [6.07, 6.45) is -5.28. The number of carbonyl (C=O) groups excluding carboxylic acids is 1. The highest BCUT2D eigenvalue weighted by atomic mass is 19.4. The first-order valence-corrected chi connectivity index (χ1v) is 4.99. The van der Waals surface area contributed by atoms with E-state index in [0.29, 0.717) is 0 Å². The Labute approximate surface area is 109 Å². The average Bonchev–Trinajstić information content (AvgIpc) is 2.37. The molecule has 20 heavy (non-hydrogen) atoms. The predicted octanol–water partition coefficient (Wildman–Crippen LogP) is 2.76. The first kappa shape index (κ1) is 15.9. The fourth-order valence-electron chi connectivity index (χ4n) is 1.09. The van der Waals surface area contributed by atoms with Crippen molar-refractivity contribution in [3.05, 3.63) is 30.0 Å². The third-order valence-electron chi connectivity index (χ3n) is 2.17. The first-order valence-electron chi connectivity index (χ1n) is 4.99. The Hall–Kier alpha value is -2.19. The smallest absolute Gasteiger partial charge is 0.461 e. The van der Waals surface area contributed by atoms with Gasteiger partial charge < -0.3 is 9.84 Å². The maximum Gasteiger partial charge on any atom is 0.461 e. The van der Waals surface area contributed by atoms with Crippen molar-refractivity contribution < 1.29 is 36.6 Å². The lowest BCUT2D eigenvalue weighted by atomic mass is 10.1. The zero-order chi connectivity index (χ0) is 15.6. The van der Waals surface area contributed by atoms with Gasteiger partial charge in [-0.05, 0) is 6.07 Å². The van der Waals surface area contributed by atoms with Crippen LogP contribution >= 0.6 is 0 Å². The summed E-state index contributed by atoms with van der Waals surface area (Å²) in [4.78, 5) is 14.5. The highest BCUT2D eigenvalue weighted by Gasteiger charge is 2.62. The number of hydrogen-bond donors (Lipinski definition) is 1. The third-order valence-corrected chi connectivity index (χ3v) is 2.17. The quantitative estimate of drug-likeness (QED) is 0.527. The fraction of sp³-hybridized carbons (Fsp3) is 0.273. The van der Waals surface area contributed by atoms with Gasteiger partial charge in [0.25, 0.3) is 0 Å². The van der Waals surface area contributed by atoms with Crippen LogP contribution in [-0.2, 0) is 4.79 Å². The minimum atomic E-state index is -6.03. The molecule has 1 aromatic rings. The molecule has 0 atom stereocenters. The maximum atomic E-state index is 12.7. The van der Waals surface area contributed by atoms with Crippen LogP contribution in [-0.4, -0.2) is 35.1 Å². The molecule has 0 saturated heterocycles. The number of nitrogens with zero attached hydrogens (tertiary/aromatic N) is 1. The Morgan fingerprint density at radius 2 is 1.90 bits per heavy atom. The molecule has 0 unspecified atom stereocenters. The summed E-state index contributed by atoms with van der Waals surface area (Å²) >= 11 is 0. The van der Waals surface area contributed by atoms with Gasteiger partial charge in [0.2, 0.25) is 11.7 Å². The van der Waals surface area contributed by atoms with E-state index in [1.807, 2.05) is 0 Å². The number of allylic oxidation sites excluding steroid dienone is 1. The second-order valence-electron chi connectivity index (χ2n) is 3.56. The predicted molar refractivity (Wildman–Crippen MR) is 57.4 cm³/mol. The van der Waals surface area contributed by atoms with Crippen molar-refractivity contribution in [1.82, 2.24) is 4.98 Å². The van der Waals surface area contributed by atoms with Crippen LogP contribution in [0.5, 0.6) is 5.88 Å². The van der Waals surface area contributed by atoms with E-state index < -0.39 is 23.6 Å². The van der Waals surface area contributed by atoms with Gasteiger partial charge in [0.15, 0.2) is 0 Å². The Balaban J connectivity index is 3.01. The molecule has 1 aromatic heterocycles. The lowest BCUT2D eigenvalue weighted by Gasteiger charge is -2.16. The van der Waals surface area contributed by atoms with Crippen molar-refractivity contribution in [1.29, 1.82) is 0 Å². The Morgan fingerprint density at radius 1 is 1.30 bits per heavy atom. The van der Waals surface area contributed by atoms with Crippen molar-refractivity contribution in [3.8, 4) is 5.88 Å². The van der Waals surface area contributed by atoms with E-state index in [2.05, 4.69) is 9.72 Å². The summed E-state index contributed by atoms with van der Waals surface area (Å²) in [5.74, 6) is -9.07. The van der Waals surface area contributed by atoms with Crippen LogP contribution in [0.4, 0.5) is 22.0 Å².